The smallest absolute Gasteiger partial charge is 0.219 e. The van der Waals surface area contributed by atoms with E-state index in [0.717, 1.165) is 28.8 Å². The first-order chi connectivity index (χ1) is 9.65. The first-order valence-electron chi connectivity index (χ1n) is 6.55. The van der Waals surface area contributed by atoms with Gasteiger partial charge in [-0.2, -0.15) is 0 Å². The Bertz CT molecular complexity index is 652. The first-order valence-corrected chi connectivity index (χ1v) is 6.93. The lowest BCUT2D eigenvalue weighted by Gasteiger charge is -2.26. The Balaban J connectivity index is 1.84. The Kier molecular flexibility index (Phi) is 3.44. The monoisotopic (exact) mass is 290 g/mol. The number of rotatable bonds is 2. The minimum absolute atomic E-state index is 0.0758. The van der Waals surface area contributed by atoms with Crippen molar-refractivity contribution in [1.82, 2.24) is 19.7 Å². The maximum atomic E-state index is 11.4. The van der Waals surface area contributed by atoms with Gasteiger partial charge in [0.1, 0.15) is 5.82 Å². The number of aromatic nitrogens is 3. The predicted octanol–water partition coefficient (Wildman–Crippen LogP) is 1.88. The van der Waals surface area contributed by atoms with Crippen LogP contribution in [0.4, 0.5) is 0 Å². The highest BCUT2D eigenvalue weighted by molar-refractivity contribution is 6.31. The Morgan fingerprint density at radius 3 is 2.85 bits per heavy atom. The van der Waals surface area contributed by atoms with Gasteiger partial charge in [-0.25, -0.2) is 0 Å². The fraction of sp³-hybridized carbons (Fsp3) is 0.357. The lowest BCUT2D eigenvalue weighted by atomic mass is 10.1. The molecular weight excluding hydrogens is 276 g/mol. The van der Waals surface area contributed by atoms with Crippen LogP contribution in [0.25, 0.3) is 0 Å². The summed E-state index contributed by atoms with van der Waals surface area (Å²) >= 11 is 6.18. The van der Waals surface area contributed by atoms with Crippen molar-refractivity contribution in [1.29, 1.82) is 0 Å². The van der Waals surface area contributed by atoms with Gasteiger partial charge in [0.15, 0.2) is 5.82 Å². The van der Waals surface area contributed by atoms with Crippen LogP contribution in [-0.2, 0) is 24.3 Å². The molecule has 0 aliphatic carbocycles. The van der Waals surface area contributed by atoms with Crippen molar-refractivity contribution in [2.24, 2.45) is 0 Å². The zero-order valence-corrected chi connectivity index (χ0v) is 12.0. The van der Waals surface area contributed by atoms with Crippen LogP contribution in [0.5, 0.6) is 0 Å². The van der Waals surface area contributed by atoms with E-state index < -0.39 is 0 Å². The van der Waals surface area contributed by atoms with E-state index in [4.69, 9.17) is 11.6 Å². The predicted molar refractivity (Wildman–Crippen MR) is 75.4 cm³/mol. The van der Waals surface area contributed by atoms with Crippen LogP contribution < -0.4 is 0 Å². The molecule has 0 unspecified atom stereocenters. The minimum Gasteiger partial charge on any atom is -0.334 e. The van der Waals surface area contributed by atoms with E-state index in [2.05, 4.69) is 14.8 Å². The summed E-state index contributed by atoms with van der Waals surface area (Å²) in [4.78, 5) is 13.2. The number of nitrogens with zero attached hydrogens (tertiary/aromatic N) is 4. The average Bonchev–Trinajstić information content (AvgIpc) is 2.84. The number of hydrogen-bond donors (Lipinski definition) is 0. The van der Waals surface area contributed by atoms with E-state index in [1.54, 1.807) is 11.8 Å². The number of carbonyl (C=O) groups is 1. The molecule has 1 aliphatic rings. The third-order valence-electron chi connectivity index (χ3n) is 3.58. The van der Waals surface area contributed by atoms with E-state index in [9.17, 15) is 4.79 Å². The fourth-order valence-electron chi connectivity index (χ4n) is 2.43. The molecule has 2 heterocycles. The number of hydrogen-bond acceptors (Lipinski definition) is 3. The number of benzene rings is 1. The maximum absolute atomic E-state index is 11.4. The summed E-state index contributed by atoms with van der Waals surface area (Å²) < 4.78 is 2.09. The van der Waals surface area contributed by atoms with Crippen LogP contribution in [-0.4, -0.2) is 32.1 Å². The Labute approximate surface area is 122 Å². The maximum Gasteiger partial charge on any atom is 0.219 e. The molecule has 0 atom stereocenters. The van der Waals surface area contributed by atoms with Gasteiger partial charge < -0.3 is 9.47 Å². The molecule has 0 N–H and O–H groups in total. The first kappa shape index (κ1) is 13.1. The van der Waals surface area contributed by atoms with Crippen LogP contribution in [0.15, 0.2) is 24.3 Å². The molecule has 1 aromatic carbocycles. The van der Waals surface area contributed by atoms with E-state index >= 15 is 0 Å². The third-order valence-corrected chi connectivity index (χ3v) is 3.95. The highest BCUT2D eigenvalue weighted by atomic mass is 35.5. The summed E-state index contributed by atoms with van der Waals surface area (Å²) in [5.41, 5.74) is 1.04. The molecule has 0 fully saturated rings. The fourth-order valence-corrected chi connectivity index (χ4v) is 2.63. The second-order valence-corrected chi connectivity index (χ2v) is 5.30. The van der Waals surface area contributed by atoms with Gasteiger partial charge in [-0.1, -0.05) is 29.8 Å². The van der Waals surface area contributed by atoms with Crippen molar-refractivity contribution in [3.63, 3.8) is 0 Å². The van der Waals surface area contributed by atoms with Crippen molar-refractivity contribution in [2.75, 3.05) is 6.54 Å². The SMILES string of the molecule is CC(=O)N1CCn2c(Cc3ccccc3Cl)nnc2C1. The standard InChI is InChI=1S/C14H15ClN4O/c1-10(20)18-6-7-19-13(16-17-14(19)9-18)8-11-4-2-3-5-12(11)15/h2-5H,6-9H2,1H3. The Hall–Kier alpha value is -1.88. The van der Waals surface area contributed by atoms with E-state index in [-0.39, 0.29) is 5.91 Å². The summed E-state index contributed by atoms with van der Waals surface area (Å²) in [6.07, 6.45) is 0.659. The molecule has 0 saturated heterocycles. The molecule has 6 heteroatoms. The van der Waals surface area contributed by atoms with Crippen LogP contribution in [0, 0.1) is 0 Å². The topological polar surface area (TPSA) is 51.0 Å². The van der Waals surface area contributed by atoms with Gasteiger partial charge in [-0.3, -0.25) is 4.79 Å². The van der Waals surface area contributed by atoms with E-state index in [1.165, 1.54) is 0 Å². The van der Waals surface area contributed by atoms with Crippen molar-refractivity contribution in [2.45, 2.75) is 26.4 Å². The van der Waals surface area contributed by atoms with Gasteiger partial charge in [-0.15, -0.1) is 10.2 Å². The van der Waals surface area contributed by atoms with E-state index in [0.29, 0.717) is 19.5 Å². The zero-order valence-electron chi connectivity index (χ0n) is 11.2. The Morgan fingerprint density at radius 1 is 1.30 bits per heavy atom. The second kappa shape index (κ2) is 5.25. The second-order valence-electron chi connectivity index (χ2n) is 4.89. The molecule has 0 bridgehead atoms. The summed E-state index contributed by atoms with van der Waals surface area (Å²) in [7, 11) is 0. The molecule has 2 aromatic rings. The van der Waals surface area contributed by atoms with Gasteiger partial charge in [0.25, 0.3) is 0 Å². The van der Waals surface area contributed by atoms with Crippen molar-refractivity contribution in [3.8, 4) is 0 Å². The zero-order chi connectivity index (χ0) is 14.1. The molecule has 1 amide bonds. The molecule has 0 saturated carbocycles. The molecule has 5 nitrogen and oxygen atoms in total. The van der Waals surface area contributed by atoms with Crippen LogP contribution in [0.3, 0.4) is 0 Å². The molecule has 0 radical (unpaired) electrons. The van der Waals surface area contributed by atoms with Gasteiger partial charge in [0.05, 0.1) is 6.54 Å². The quantitative estimate of drug-likeness (QED) is 0.848. The van der Waals surface area contributed by atoms with Crippen LogP contribution in [0.1, 0.15) is 24.1 Å². The summed E-state index contributed by atoms with van der Waals surface area (Å²) in [5, 5.41) is 9.18. The average molecular weight is 291 g/mol. The highest BCUT2D eigenvalue weighted by Crippen LogP contribution is 2.20. The van der Waals surface area contributed by atoms with Gasteiger partial charge >= 0.3 is 0 Å². The minimum atomic E-state index is 0.0758. The van der Waals surface area contributed by atoms with Crippen LogP contribution in [0.2, 0.25) is 5.02 Å². The molecular formula is C14H15ClN4O. The molecule has 1 aliphatic heterocycles. The summed E-state index contributed by atoms with van der Waals surface area (Å²) in [6.45, 7) is 3.55. The third kappa shape index (κ3) is 2.41. The van der Waals surface area contributed by atoms with Crippen molar-refractivity contribution in [3.05, 3.63) is 46.5 Å². The summed E-state index contributed by atoms with van der Waals surface area (Å²) in [6, 6.07) is 7.75. The van der Waals surface area contributed by atoms with Gasteiger partial charge in [-0.05, 0) is 11.6 Å². The van der Waals surface area contributed by atoms with E-state index in [1.807, 2.05) is 24.3 Å². The summed E-state index contributed by atoms with van der Waals surface area (Å²) in [5.74, 6) is 1.82. The van der Waals surface area contributed by atoms with Crippen molar-refractivity contribution >= 4 is 17.5 Å². The van der Waals surface area contributed by atoms with Crippen LogP contribution >= 0.6 is 11.6 Å². The molecule has 0 spiro atoms. The molecule has 1 aromatic heterocycles. The van der Waals surface area contributed by atoms with Crippen molar-refractivity contribution < 1.29 is 4.79 Å². The number of amides is 1. The van der Waals surface area contributed by atoms with Gasteiger partial charge in [0.2, 0.25) is 5.91 Å². The Morgan fingerprint density at radius 2 is 2.10 bits per heavy atom. The number of halogens is 1. The normalized spacial score (nSPS) is 14.2. The molecule has 104 valence electrons. The molecule has 20 heavy (non-hydrogen) atoms. The largest absolute Gasteiger partial charge is 0.334 e. The molecule has 3 rings (SSSR count). The number of carbonyl (C=O) groups excluding carboxylic acids is 1. The highest BCUT2D eigenvalue weighted by Gasteiger charge is 2.22. The lowest BCUT2D eigenvalue weighted by Crippen LogP contribution is -2.37. The lowest BCUT2D eigenvalue weighted by molar-refractivity contribution is -0.130. The number of fused-ring (bicyclic) bond motifs is 1. The van der Waals surface area contributed by atoms with Gasteiger partial charge in [0, 0.05) is 31.5 Å².